The van der Waals surface area contributed by atoms with Gasteiger partial charge >= 0.3 is 0 Å². The summed E-state index contributed by atoms with van der Waals surface area (Å²) in [6.45, 7) is 0.975. The zero-order valence-corrected chi connectivity index (χ0v) is 15.6. The molecule has 0 spiro atoms. The van der Waals surface area contributed by atoms with Crippen molar-refractivity contribution in [1.82, 2.24) is 10.3 Å². The van der Waals surface area contributed by atoms with Gasteiger partial charge < -0.3 is 15.4 Å². The van der Waals surface area contributed by atoms with Crippen molar-refractivity contribution in [3.63, 3.8) is 0 Å². The lowest BCUT2D eigenvalue weighted by atomic mass is 10.1. The molecule has 0 aliphatic carbocycles. The van der Waals surface area contributed by atoms with E-state index in [0.717, 1.165) is 11.3 Å². The van der Waals surface area contributed by atoms with Crippen LogP contribution in [0.5, 0.6) is 5.75 Å². The predicted molar refractivity (Wildman–Crippen MR) is 107 cm³/mol. The number of carbonyl (C=O) groups is 1. The second kappa shape index (κ2) is 9.50. The lowest BCUT2D eigenvalue weighted by Gasteiger charge is -2.08. The molecule has 0 atom stereocenters. The molecule has 3 aromatic rings. The van der Waals surface area contributed by atoms with E-state index >= 15 is 0 Å². The van der Waals surface area contributed by atoms with Gasteiger partial charge in [0.2, 0.25) is 0 Å². The van der Waals surface area contributed by atoms with Gasteiger partial charge in [-0.2, -0.15) is 0 Å². The van der Waals surface area contributed by atoms with E-state index in [1.807, 2.05) is 24.3 Å². The molecule has 1 heterocycles. The molecule has 0 saturated carbocycles. The number of halogens is 1. The van der Waals surface area contributed by atoms with E-state index in [4.69, 9.17) is 4.74 Å². The molecule has 0 bridgehead atoms. The maximum Gasteiger partial charge on any atom is 0.252 e. The maximum absolute atomic E-state index is 13.6. The maximum atomic E-state index is 13.6. The highest BCUT2D eigenvalue weighted by atomic mass is 19.1. The summed E-state index contributed by atoms with van der Waals surface area (Å²) in [6, 6.07) is 17.8. The number of nitrogens with zero attached hydrogens (tertiary/aromatic N) is 1. The van der Waals surface area contributed by atoms with Crippen LogP contribution in [0.2, 0.25) is 0 Å². The Bertz CT molecular complexity index is 912. The molecule has 1 aromatic heterocycles. The summed E-state index contributed by atoms with van der Waals surface area (Å²) in [5.41, 5.74) is 2.14. The minimum absolute atomic E-state index is 0.231. The van der Waals surface area contributed by atoms with Crippen molar-refractivity contribution in [3.8, 4) is 5.75 Å². The molecule has 2 N–H and O–H groups in total. The Labute approximate surface area is 163 Å². The topological polar surface area (TPSA) is 63.2 Å². The van der Waals surface area contributed by atoms with Crippen molar-refractivity contribution >= 4 is 11.7 Å². The molecule has 3 rings (SSSR count). The van der Waals surface area contributed by atoms with Crippen molar-refractivity contribution < 1.29 is 13.9 Å². The smallest absolute Gasteiger partial charge is 0.252 e. The number of methoxy groups -OCH3 is 1. The molecule has 28 heavy (non-hydrogen) atoms. The van der Waals surface area contributed by atoms with Gasteiger partial charge in [0.15, 0.2) is 0 Å². The van der Waals surface area contributed by atoms with Crippen LogP contribution in [-0.2, 0) is 13.0 Å². The number of ether oxygens (including phenoxy) is 1. The van der Waals surface area contributed by atoms with E-state index in [9.17, 15) is 9.18 Å². The number of rotatable bonds is 8. The SMILES string of the molecule is COc1ccc(CNc2ccc(C(=O)NCCc3ccccc3F)cn2)cc1. The van der Waals surface area contributed by atoms with Crippen LogP contribution in [0.25, 0.3) is 0 Å². The van der Waals surface area contributed by atoms with Gasteiger partial charge in [0.1, 0.15) is 17.4 Å². The van der Waals surface area contributed by atoms with Gasteiger partial charge in [-0.3, -0.25) is 4.79 Å². The van der Waals surface area contributed by atoms with Gasteiger partial charge in [-0.15, -0.1) is 0 Å². The summed E-state index contributed by atoms with van der Waals surface area (Å²) in [4.78, 5) is 16.5. The first-order valence-corrected chi connectivity index (χ1v) is 9.00. The highest BCUT2D eigenvalue weighted by Gasteiger charge is 2.07. The summed E-state index contributed by atoms with van der Waals surface area (Å²) in [6.07, 6.45) is 1.96. The second-order valence-corrected chi connectivity index (χ2v) is 6.23. The minimum Gasteiger partial charge on any atom is -0.497 e. The Hall–Kier alpha value is -3.41. The van der Waals surface area contributed by atoms with Crippen LogP contribution >= 0.6 is 0 Å². The summed E-state index contributed by atoms with van der Waals surface area (Å²) in [5.74, 6) is 1.00. The predicted octanol–water partition coefficient (Wildman–Crippen LogP) is 3.81. The van der Waals surface area contributed by atoms with Crippen LogP contribution in [0.15, 0.2) is 66.9 Å². The fraction of sp³-hybridized carbons (Fsp3) is 0.182. The van der Waals surface area contributed by atoms with Crippen molar-refractivity contribution in [2.45, 2.75) is 13.0 Å². The number of hydrogen-bond donors (Lipinski definition) is 2. The summed E-state index contributed by atoms with van der Waals surface area (Å²) < 4.78 is 18.7. The van der Waals surface area contributed by atoms with Crippen molar-refractivity contribution in [2.75, 3.05) is 19.0 Å². The molecule has 0 radical (unpaired) electrons. The van der Waals surface area contributed by atoms with Crippen molar-refractivity contribution in [3.05, 3.63) is 89.4 Å². The Kier molecular flexibility index (Phi) is 6.57. The average Bonchev–Trinajstić information content (AvgIpc) is 2.74. The molecule has 0 aliphatic heterocycles. The molecule has 0 saturated heterocycles. The Morgan fingerprint density at radius 1 is 1.07 bits per heavy atom. The number of amides is 1. The van der Waals surface area contributed by atoms with Gasteiger partial charge in [0, 0.05) is 19.3 Å². The van der Waals surface area contributed by atoms with E-state index in [-0.39, 0.29) is 11.7 Å². The molecule has 1 amide bonds. The summed E-state index contributed by atoms with van der Waals surface area (Å²) >= 11 is 0. The average molecular weight is 379 g/mol. The number of anilines is 1. The number of pyridine rings is 1. The summed E-state index contributed by atoms with van der Waals surface area (Å²) in [5, 5.41) is 6.00. The molecule has 0 fully saturated rings. The van der Waals surface area contributed by atoms with Crippen LogP contribution in [0.4, 0.5) is 10.2 Å². The van der Waals surface area contributed by atoms with Crippen LogP contribution in [-0.4, -0.2) is 24.5 Å². The third kappa shape index (κ3) is 5.30. The van der Waals surface area contributed by atoms with E-state index < -0.39 is 0 Å². The van der Waals surface area contributed by atoms with E-state index in [2.05, 4.69) is 15.6 Å². The Morgan fingerprint density at radius 3 is 2.54 bits per heavy atom. The Balaban J connectivity index is 1.47. The number of nitrogens with one attached hydrogen (secondary N) is 2. The number of aromatic nitrogens is 1. The molecule has 5 nitrogen and oxygen atoms in total. The van der Waals surface area contributed by atoms with Crippen LogP contribution in [0.1, 0.15) is 21.5 Å². The highest BCUT2D eigenvalue weighted by molar-refractivity contribution is 5.94. The largest absolute Gasteiger partial charge is 0.497 e. The lowest BCUT2D eigenvalue weighted by Crippen LogP contribution is -2.26. The molecule has 0 unspecified atom stereocenters. The first-order chi connectivity index (χ1) is 13.7. The molecule has 144 valence electrons. The zero-order chi connectivity index (χ0) is 19.8. The lowest BCUT2D eigenvalue weighted by molar-refractivity contribution is 0.0953. The third-order valence-electron chi connectivity index (χ3n) is 4.30. The first kappa shape index (κ1) is 19.4. The zero-order valence-electron chi connectivity index (χ0n) is 15.6. The van der Waals surface area contributed by atoms with Gasteiger partial charge in [-0.25, -0.2) is 9.37 Å². The van der Waals surface area contributed by atoms with Crippen LogP contribution in [0.3, 0.4) is 0 Å². The molecular formula is C22H22FN3O2. The van der Waals surface area contributed by atoms with E-state index in [1.165, 1.54) is 12.3 Å². The van der Waals surface area contributed by atoms with E-state index in [0.29, 0.717) is 36.5 Å². The van der Waals surface area contributed by atoms with Gasteiger partial charge in [-0.1, -0.05) is 30.3 Å². The van der Waals surface area contributed by atoms with Gasteiger partial charge in [-0.05, 0) is 47.9 Å². The molecule has 6 heteroatoms. The standard InChI is InChI=1S/C22H22FN3O2/c1-28-19-9-6-16(7-10-19)14-25-21-11-8-18(15-26-21)22(27)24-13-12-17-4-2-3-5-20(17)23/h2-11,15H,12-14H2,1H3,(H,24,27)(H,25,26). The van der Waals surface area contributed by atoms with E-state index in [1.54, 1.807) is 37.4 Å². The van der Waals surface area contributed by atoms with Gasteiger partial charge in [0.05, 0.1) is 12.7 Å². The molecule has 2 aromatic carbocycles. The number of benzene rings is 2. The number of carbonyl (C=O) groups excluding carboxylic acids is 1. The second-order valence-electron chi connectivity index (χ2n) is 6.23. The molecule has 0 aliphatic rings. The Morgan fingerprint density at radius 2 is 1.86 bits per heavy atom. The fourth-order valence-electron chi connectivity index (χ4n) is 2.68. The van der Waals surface area contributed by atoms with Crippen molar-refractivity contribution in [2.24, 2.45) is 0 Å². The quantitative estimate of drug-likeness (QED) is 0.625. The van der Waals surface area contributed by atoms with Crippen molar-refractivity contribution in [1.29, 1.82) is 0 Å². The monoisotopic (exact) mass is 379 g/mol. The van der Waals surface area contributed by atoms with Crippen LogP contribution in [0, 0.1) is 5.82 Å². The number of hydrogen-bond acceptors (Lipinski definition) is 4. The molecular weight excluding hydrogens is 357 g/mol. The first-order valence-electron chi connectivity index (χ1n) is 9.00. The van der Waals surface area contributed by atoms with Gasteiger partial charge in [0.25, 0.3) is 5.91 Å². The fourth-order valence-corrected chi connectivity index (χ4v) is 2.68. The minimum atomic E-state index is -0.259. The normalized spacial score (nSPS) is 10.4. The van der Waals surface area contributed by atoms with Crippen LogP contribution < -0.4 is 15.4 Å². The summed E-state index contributed by atoms with van der Waals surface area (Å²) in [7, 11) is 1.63. The third-order valence-corrected chi connectivity index (χ3v) is 4.30. The highest BCUT2D eigenvalue weighted by Crippen LogP contribution is 2.13.